The quantitative estimate of drug-likeness (QED) is 0.806. The van der Waals surface area contributed by atoms with Gasteiger partial charge < -0.3 is 15.4 Å². The molecule has 0 amide bonds. The van der Waals surface area contributed by atoms with Crippen LogP contribution in [0.4, 0.5) is 11.6 Å². The maximum atomic E-state index is 5.41. The predicted molar refractivity (Wildman–Crippen MR) is 86.6 cm³/mol. The molecule has 1 aliphatic rings. The highest BCUT2D eigenvalue weighted by molar-refractivity contribution is 5.47. The van der Waals surface area contributed by atoms with Crippen LogP contribution in [0.2, 0.25) is 0 Å². The zero-order valence-electron chi connectivity index (χ0n) is 13.5. The molecule has 5 nitrogen and oxygen atoms in total. The van der Waals surface area contributed by atoms with E-state index >= 15 is 0 Å². The Balaban J connectivity index is 1.98. The highest BCUT2D eigenvalue weighted by Crippen LogP contribution is 2.28. The molecule has 0 bridgehead atoms. The van der Waals surface area contributed by atoms with Gasteiger partial charge in [-0.3, -0.25) is 0 Å². The number of hydrogen-bond donors (Lipinski definition) is 2. The Morgan fingerprint density at radius 3 is 2.48 bits per heavy atom. The Labute approximate surface area is 127 Å². The van der Waals surface area contributed by atoms with Crippen LogP contribution in [0.1, 0.15) is 51.8 Å². The minimum atomic E-state index is 0.462. The van der Waals surface area contributed by atoms with Crippen LogP contribution in [0.5, 0.6) is 0 Å². The van der Waals surface area contributed by atoms with Crippen molar-refractivity contribution in [2.75, 3.05) is 24.3 Å². The molecular weight excluding hydrogens is 264 g/mol. The van der Waals surface area contributed by atoms with E-state index in [-0.39, 0.29) is 0 Å². The molecule has 0 spiro atoms. The monoisotopic (exact) mass is 292 g/mol. The summed E-state index contributed by atoms with van der Waals surface area (Å²) in [7, 11) is 1.88. The van der Waals surface area contributed by atoms with E-state index in [2.05, 4.69) is 27.5 Å². The lowest BCUT2D eigenvalue weighted by Crippen LogP contribution is -2.26. The standard InChI is InChI=1S/C16H28N4O/c1-4-12-6-8-13(9-7-12)18-15-10-14(17-3)19-16(20-15)11-21-5-2/h10,12-13H,4-9,11H2,1-3H3,(H2,17,18,19,20). The van der Waals surface area contributed by atoms with Gasteiger partial charge in [0.2, 0.25) is 0 Å². The second-order valence-corrected chi connectivity index (χ2v) is 5.71. The fourth-order valence-electron chi connectivity index (χ4n) is 2.88. The van der Waals surface area contributed by atoms with Crippen molar-refractivity contribution in [3.63, 3.8) is 0 Å². The zero-order valence-corrected chi connectivity index (χ0v) is 13.5. The van der Waals surface area contributed by atoms with Crippen molar-refractivity contribution in [3.05, 3.63) is 11.9 Å². The van der Waals surface area contributed by atoms with E-state index in [1.807, 2.05) is 20.0 Å². The van der Waals surface area contributed by atoms with Crippen LogP contribution < -0.4 is 10.6 Å². The third kappa shape index (κ3) is 4.84. The van der Waals surface area contributed by atoms with Gasteiger partial charge in [0.05, 0.1) is 0 Å². The van der Waals surface area contributed by atoms with Crippen LogP contribution >= 0.6 is 0 Å². The van der Waals surface area contributed by atoms with Gasteiger partial charge in [-0.1, -0.05) is 13.3 Å². The van der Waals surface area contributed by atoms with Gasteiger partial charge in [0.1, 0.15) is 18.2 Å². The fraction of sp³-hybridized carbons (Fsp3) is 0.750. The molecule has 21 heavy (non-hydrogen) atoms. The molecule has 0 aromatic carbocycles. The molecule has 1 aromatic heterocycles. The van der Waals surface area contributed by atoms with Crippen LogP contribution in [0.15, 0.2) is 6.07 Å². The average Bonchev–Trinajstić information content (AvgIpc) is 2.53. The maximum Gasteiger partial charge on any atom is 0.158 e. The Morgan fingerprint density at radius 2 is 1.86 bits per heavy atom. The Hall–Kier alpha value is -1.36. The van der Waals surface area contributed by atoms with Gasteiger partial charge in [-0.2, -0.15) is 0 Å². The summed E-state index contributed by atoms with van der Waals surface area (Å²) in [6.45, 7) is 5.41. The average molecular weight is 292 g/mol. The van der Waals surface area contributed by atoms with Crippen molar-refractivity contribution in [2.45, 2.75) is 58.6 Å². The highest BCUT2D eigenvalue weighted by atomic mass is 16.5. The number of ether oxygens (including phenoxy) is 1. The summed E-state index contributed by atoms with van der Waals surface area (Å²) in [4.78, 5) is 8.99. The molecule has 1 aliphatic carbocycles. The van der Waals surface area contributed by atoms with Gasteiger partial charge in [-0.15, -0.1) is 0 Å². The summed E-state index contributed by atoms with van der Waals surface area (Å²) in [6.07, 6.45) is 6.42. The van der Waals surface area contributed by atoms with Crippen molar-refractivity contribution in [1.29, 1.82) is 0 Å². The predicted octanol–water partition coefficient (Wildman–Crippen LogP) is 3.44. The van der Waals surface area contributed by atoms with Gasteiger partial charge in [-0.05, 0) is 38.5 Å². The van der Waals surface area contributed by atoms with Crippen LogP contribution in [0, 0.1) is 5.92 Å². The first-order chi connectivity index (χ1) is 10.2. The molecule has 0 radical (unpaired) electrons. The summed E-state index contributed by atoms with van der Waals surface area (Å²) < 4.78 is 5.41. The number of nitrogens with zero attached hydrogens (tertiary/aromatic N) is 2. The lowest BCUT2D eigenvalue weighted by Gasteiger charge is -2.28. The van der Waals surface area contributed by atoms with Crippen LogP contribution in [-0.4, -0.2) is 29.7 Å². The van der Waals surface area contributed by atoms with Gasteiger partial charge in [0.15, 0.2) is 5.82 Å². The normalized spacial score (nSPS) is 22.0. The summed E-state index contributed by atoms with van der Waals surface area (Å²) in [5.74, 6) is 3.39. The second kappa shape index (κ2) is 8.17. The van der Waals surface area contributed by atoms with E-state index in [4.69, 9.17) is 4.74 Å². The van der Waals surface area contributed by atoms with Crippen LogP contribution in [-0.2, 0) is 11.3 Å². The van der Waals surface area contributed by atoms with Crippen molar-refractivity contribution in [2.24, 2.45) is 5.92 Å². The van der Waals surface area contributed by atoms with E-state index < -0.39 is 0 Å². The van der Waals surface area contributed by atoms with E-state index in [1.54, 1.807) is 0 Å². The summed E-state index contributed by atoms with van der Waals surface area (Å²) in [5.41, 5.74) is 0. The molecule has 0 aliphatic heterocycles. The maximum absolute atomic E-state index is 5.41. The first-order valence-corrected chi connectivity index (χ1v) is 8.15. The molecule has 1 heterocycles. The smallest absolute Gasteiger partial charge is 0.158 e. The van der Waals surface area contributed by atoms with Gasteiger partial charge in [-0.25, -0.2) is 9.97 Å². The highest BCUT2D eigenvalue weighted by Gasteiger charge is 2.20. The minimum Gasteiger partial charge on any atom is -0.374 e. The van der Waals surface area contributed by atoms with Crippen molar-refractivity contribution in [3.8, 4) is 0 Å². The third-order valence-corrected chi connectivity index (χ3v) is 4.24. The minimum absolute atomic E-state index is 0.462. The van der Waals surface area contributed by atoms with Crippen LogP contribution in [0.3, 0.4) is 0 Å². The lowest BCUT2D eigenvalue weighted by molar-refractivity contribution is 0.128. The SMILES string of the molecule is CCOCc1nc(NC)cc(NC2CCC(CC)CC2)n1. The first kappa shape index (κ1) is 16.0. The van der Waals surface area contributed by atoms with Crippen molar-refractivity contribution >= 4 is 11.6 Å². The molecule has 1 saturated carbocycles. The van der Waals surface area contributed by atoms with E-state index in [0.29, 0.717) is 19.3 Å². The molecule has 118 valence electrons. The van der Waals surface area contributed by atoms with Crippen molar-refractivity contribution < 1.29 is 4.74 Å². The molecule has 5 heteroatoms. The number of aromatic nitrogens is 2. The third-order valence-electron chi connectivity index (χ3n) is 4.24. The fourth-order valence-corrected chi connectivity index (χ4v) is 2.88. The van der Waals surface area contributed by atoms with Gasteiger partial charge >= 0.3 is 0 Å². The van der Waals surface area contributed by atoms with Crippen LogP contribution in [0.25, 0.3) is 0 Å². The zero-order chi connectivity index (χ0) is 15.1. The lowest BCUT2D eigenvalue weighted by atomic mass is 9.84. The number of hydrogen-bond acceptors (Lipinski definition) is 5. The molecule has 0 saturated heterocycles. The number of anilines is 2. The molecule has 0 unspecified atom stereocenters. The van der Waals surface area contributed by atoms with E-state index in [0.717, 1.165) is 23.4 Å². The molecule has 1 fully saturated rings. The van der Waals surface area contributed by atoms with Gasteiger partial charge in [0.25, 0.3) is 0 Å². The topological polar surface area (TPSA) is 59.1 Å². The summed E-state index contributed by atoms with van der Waals surface area (Å²) in [5, 5.41) is 6.66. The Morgan fingerprint density at radius 1 is 1.14 bits per heavy atom. The number of nitrogens with one attached hydrogen (secondary N) is 2. The second-order valence-electron chi connectivity index (χ2n) is 5.71. The summed E-state index contributed by atoms with van der Waals surface area (Å²) in [6, 6.07) is 2.51. The first-order valence-electron chi connectivity index (χ1n) is 8.15. The molecule has 1 aromatic rings. The molecule has 2 rings (SSSR count). The molecule has 2 N–H and O–H groups in total. The number of rotatable bonds is 7. The Kier molecular flexibility index (Phi) is 6.23. The van der Waals surface area contributed by atoms with E-state index in [9.17, 15) is 0 Å². The molecule has 0 atom stereocenters. The largest absolute Gasteiger partial charge is 0.374 e. The van der Waals surface area contributed by atoms with E-state index in [1.165, 1.54) is 32.1 Å². The van der Waals surface area contributed by atoms with Gasteiger partial charge in [0, 0.05) is 25.8 Å². The summed E-state index contributed by atoms with van der Waals surface area (Å²) >= 11 is 0. The molecular formula is C16H28N4O. The van der Waals surface area contributed by atoms with Crippen molar-refractivity contribution in [1.82, 2.24) is 9.97 Å². The Bertz CT molecular complexity index is 430.